The first-order valence-electron chi connectivity index (χ1n) is 20.3. The number of hydrogen-bond acceptors (Lipinski definition) is 7. The van der Waals surface area contributed by atoms with Crippen LogP contribution in [-0.4, -0.2) is 43.3 Å². The van der Waals surface area contributed by atoms with Crippen molar-refractivity contribution in [3.05, 3.63) is 85.1 Å². The lowest BCUT2D eigenvalue weighted by Gasteiger charge is -2.19. The van der Waals surface area contributed by atoms with E-state index in [0.29, 0.717) is 6.42 Å². The number of carbonyl (C=O) groups excluding carboxylic acids is 2. The molecule has 1 N–H and O–H groups in total. The van der Waals surface area contributed by atoms with Gasteiger partial charge < -0.3 is 14.4 Å². The van der Waals surface area contributed by atoms with Crippen molar-refractivity contribution in [3.8, 4) is 0 Å². The Balaban J connectivity index is 4.13. The second kappa shape index (κ2) is 38.9. The van der Waals surface area contributed by atoms with E-state index < -0.39 is 32.5 Å². The molecule has 9 heteroatoms. The molecule has 0 spiro atoms. The van der Waals surface area contributed by atoms with Gasteiger partial charge in [-0.1, -0.05) is 137 Å². The van der Waals surface area contributed by atoms with Crippen LogP contribution in [0.2, 0.25) is 0 Å². The molecule has 0 aliphatic rings. The number of phosphoric acid groups is 1. The van der Waals surface area contributed by atoms with Crippen LogP contribution in [0.5, 0.6) is 0 Å². The SMILES string of the molecule is CC/C=C\C/C=C\C/C=C\C/C=C\CCCCC(=O)OC(COC(=O)CCCCCCCC/C=C\C/C=C\C/C=C\CCCCC)COP(=O)(O)OC. The van der Waals surface area contributed by atoms with Gasteiger partial charge in [-0.3, -0.25) is 18.6 Å². The Labute approximate surface area is 323 Å². The number of ether oxygens (including phenoxy) is 2. The first kappa shape index (κ1) is 50.2. The third-order valence-corrected chi connectivity index (χ3v) is 9.06. The number of esters is 2. The monoisotopic (exact) mass is 761 g/mol. The van der Waals surface area contributed by atoms with Crippen molar-refractivity contribution >= 4 is 19.8 Å². The van der Waals surface area contributed by atoms with Gasteiger partial charge in [-0.15, -0.1) is 0 Å². The lowest BCUT2D eigenvalue weighted by molar-refractivity contribution is -0.161. The molecule has 0 aromatic carbocycles. The average molecular weight is 761 g/mol. The quantitative estimate of drug-likeness (QED) is 0.0291. The first-order valence-corrected chi connectivity index (χ1v) is 21.8. The van der Waals surface area contributed by atoms with Crippen LogP contribution in [0.4, 0.5) is 0 Å². The molecule has 0 radical (unpaired) electrons. The van der Waals surface area contributed by atoms with Crippen LogP contribution < -0.4 is 0 Å². The number of unbranched alkanes of at least 4 members (excludes halogenated alkanes) is 11. The number of phosphoric ester groups is 1. The summed E-state index contributed by atoms with van der Waals surface area (Å²) >= 11 is 0. The van der Waals surface area contributed by atoms with Gasteiger partial charge in [0.15, 0.2) is 6.10 Å². The fourth-order valence-electron chi connectivity index (χ4n) is 5.01. The predicted molar refractivity (Wildman–Crippen MR) is 221 cm³/mol. The van der Waals surface area contributed by atoms with Gasteiger partial charge in [0.1, 0.15) is 6.61 Å². The van der Waals surface area contributed by atoms with Gasteiger partial charge in [0.25, 0.3) is 0 Å². The van der Waals surface area contributed by atoms with Crippen LogP contribution in [-0.2, 0) is 32.7 Å². The summed E-state index contributed by atoms with van der Waals surface area (Å²) < 4.78 is 31.9. The highest BCUT2D eigenvalue weighted by molar-refractivity contribution is 7.47. The summed E-state index contributed by atoms with van der Waals surface area (Å²) in [5.41, 5.74) is 0. The smallest absolute Gasteiger partial charge is 0.462 e. The maximum Gasteiger partial charge on any atom is 0.472 e. The molecule has 0 bridgehead atoms. The van der Waals surface area contributed by atoms with E-state index in [1.807, 2.05) is 0 Å². The van der Waals surface area contributed by atoms with Gasteiger partial charge in [-0.05, 0) is 89.9 Å². The zero-order chi connectivity index (χ0) is 38.9. The van der Waals surface area contributed by atoms with Crippen molar-refractivity contribution in [2.24, 2.45) is 0 Å². The summed E-state index contributed by atoms with van der Waals surface area (Å²) in [6, 6.07) is 0. The fraction of sp³-hybridized carbons (Fsp3) is 0.636. The predicted octanol–water partition coefficient (Wildman–Crippen LogP) is 12.7. The Morgan fingerprint density at radius 1 is 0.547 bits per heavy atom. The Morgan fingerprint density at radius 2 is 0.962 bits per heavy atom. The number of carbonyl (C=O) groups is 2. The maximum absolute atomic E-state index is 12.5. The summed E-state index contributed by atoms with van der Waals surface area (Å²) in [6.45, 7) is 3.68. The van der Waals surface area contributed by atoms with E-state index in [0.717, 1.165) is 90.6 Å². The number of rotatable bonds is 36. The standard InChI is InChI=1S/C44H73O8P/c1-4-6-8-10-12-14-16-18-20-21-22-23-25-26-28-30-32-34-36-38-43(45)50-40-42(41-51-53(47,48)49-3)52-44(46)39-37-35-33-31-29-27-24-19-17-15-13-11-9-7-5-2/h7,9,12-15,18-20,22-24,29,31,42H,4-6,8,10-11,16-17,21,25-28,30,32-41H2,1-3H3,(H,47,48)/b9-7-,14-12-,15-13-,20-18-,23-22-,24-19-,31-29-. The molecule has 302 valence electrons. The molecule has 53 heavy (non-hydrogen) atoms. The highest BCUT2D eigenvalue weighted by Crippen LogP contribution is 2.42. The van der Waals surface area contributed by atoms with Crippen molar-refractivity contribution in [3.63, 3.8) is 0 Å². The van der Waals surface area contributed by atoms with E-state index in [4.69, 9.17) is 14.0 Å². The molecular weight excluding hydrogens is 687 g/mol. The third-order valence-electron chi connectivity index (χ3n) is 8.12. The summed E-state index contributed by atoms with van der Waals surface area (Å²) in [4.78, 5) is 34.4. The largest absolute Gasteiger partial charge is 0.472 e. The summed E-state index contributed by atoms with van der Waals surface area (Å²) in [6.07, 6.45) is 50.6. The van der Waals surface area contributed by atoms with Gasteiger partial charge in [0.2, 0.25) is 0 Å². The van der Waals surface area contributed by atoms with Gasteiger partial charge >= 0.3 is 19.8 Å². The molecule has 2 unspecified atom stereocenters. The third kappa shape index (κ3) is 38.8. The van der Waals surface area contributed by atoms with E-state index in [1.54, 1.807) is 0 Å². The zero-order valence-corrected chi connectivity index (χ0v) is 34.3. The molecule has 0 amide bonds. The highest BCUT2D eigenvalue weighted by Gasteiger charge is 2.24. The van der Waals surface area contributed by atoms with Crippen molar-refractivity contribution in [2.75, 3.05) is 20.3 Å². The van der Waals surface area contributed by atoms with Crippen molar-refractivity contribution in [1.82, 2.24) is 0 Å². The summed E-state index contributed by atoms with van der Waals surface area (Å²) in [7, 11) is -3.23. The molecule has 0 aliphatic carbocycles. The van der Waals surface area contributed by atoms with E-state index in [2.05, 4.69) is 103 Å². The minimum atomic E-state index is -4.28. The van der Waals surface area contributed by atoms with Crippen LogP contribution in [0, 0.1) is 0 Å². The first-order chi connectivity index (χ1) is 25.8. The Hall–Kier alpha value is -2.77. The molecule has 0 aliphatic heterocycles. The average Bonchev–Trinajstić information content (AvgIpc) is 3.15. The van der Waals surface area contributed by atoms with Crippen LogP contribution in [0.3, 0.4) is 0 Å². The Kier molecular flexibility index (Phi) is 36.9. The molecule has 8 nitrogen and oxygen atoms in total. The number of hydrogen-bond donors (Lipinski definition) is 1. The molecule has 0 saturated heterocycles. The van der Waals surface area contributed by atoms with Crippen LogP contribution in [0.25, 0.3) is 0 Å². The molecule has 0 fully saturated rings. The molecular formula is C44H73O8P. The second-order valence-electron chi connectivity index (χ2n) is 13.0. The van der Waals surface area contributed by atoms with Crippen molar-refractivity contribution in [2.45, 2.75) is 161 Å². The second-order valence-corrected chi connectivity index (χ2v) is 14.6. The van der Waals surface area contributed by atoms with E-state index in [9.17, 15) is 19.0 Å². The van der Waals surface area contributed by atoms with E-state index in [-0.39, 0.29) is 19.4 Å². The fourth-order valence-corrected chi connectivity index (χ4v) is 5.47. The van der Waals surface area contributed by atoms with Gasteiger partial charge in [-0.2, -0.15) is 0 Å². The lowest BCUT2D eigenvalue weighted by atomic mass is 10.1. The van der Waals surface area contributed by atoms with Crippen LogP contribution in [0.1, 0.15) is 155 Å². The Morgan fingerprint density at radius 3 is 1.47 bits per heavy atom. The van der Waals surface area contributed by atoms with E-state index in [1.165, 1.54) is 38.5 Å². The Bertz CT molecular complexity index is 1130. The van der Waals surface area contributed by atoms with Crippen molar-refractivity contribution in [1.29, 1.82) is 0 Å². The molecule has 0 rings (SSSR count). The summed E-state index contributed by atoms with van der Waals surface area (Å²) in [5.74, 6) is -0.876. The normalized spacial score (nSPS) is 14.3. The minimum absolute atomic E-state index is 0.185. The minimum Gasteiger partial charge on any atom is -0.462 e. The highest BCUT2D eigenvalue weighted by atomic mass is 31.2. The maximum atomic E-state index is 12.5. The van der Waals surface area contributed by atoms with E-state index >= 15 is 0 Å². The number of allylic oxidation sites excluding steroid dienone is 14. The van der Waals surface area contributed by atoms with Gasteiger partial charge in [-0.25, -0.2) is 4.57 Å². The molecule has 0 aromatic heterocycles. The topological polar surface area (TPSA) is 108 Å². The molecule has 0 aromatic rings. The molecule has 0 heterocycles. The van der Waals surface area contributed by atoms with Crippen LogP contribution in [0.15, 0.2) is 85.1 Å². The zero-order valence-electron chi connectivity index (χ0n) is 33.4. The molecule has 2 atom stereocenters. The summed E-state index contributed by atoms with van der Waals surface area (Å²) in [5, 5.41) is 0. The van der Waals surface area contributed by atoms with Crippen molar-refractivity contribution < 1.29 is 37.6 Å². The van der Waals surface area contributed by atoms with Gasteiger partial charge in [0, 0.05) is 20.0 Å². The lowest BCUT2D eigenvalue weighted by Crippen LogP contribution is -2.29. The van der Waals surface area contributed by atoms with Gasteiger partial charge in [0.05, 0.1) is 6.61 Å². The van der Waals surface area contributed by atoms with Crippen LogP contribution >= 0.6 is 7.82 Å². The molecule has 0 saturated carbocycles.